The number of likely N-dealkylation sites (tertiary alicyclic amines) is 1. The zero-order valence-corrected chi connectivity index (χ0v) is 11.3. The molecule has 96 valence electrons. The van der Waals surface area contributed by atoms with Gasteiger partial charge in [0.2, 0.25) is 0 Å². The normalized spacial score (nSPS) is 21.9. The third-order valence-corrected chi connectivity index (χ3v) is 3.33. The van der Waals surface area contributed by atoms with E-state index in [0.29, 0.717) is 6.04 Å². The van der Waals surface area contributed by atoms with Crippen LogP contribution in [0.3, 0.4) is 0 Å². The first-order valence-corrected chi connectivity index (χ1v) is 6.58. The maximum Gasteiger partial charge on any atom is 0.0614 e. The van der Waals surface area contributed by atoms with Crippen molar-refractivity contribution in [2.45, 2.75) is 52.1 Å². The van der Waals surface area contributed by atoms with Crippen molar-refractivity contribution in [1.29, 1.82) is 0 Å². The molecule has 1 aliphatic heterocycles. The predicted molar refractivity (Wildman–Crippen MR) is 68.6 cm³/mol. The Bertz CT molecular complexity index is 196. The molecule has 0 aromatic carbocycles. The van der Waals surface area contributed by atoms with Crippen LogP contribution >= 0.6 is 0 Å². The predicted octanol–water partition coefficient (Wildman–Crippen LogP) is 1.47. The zero-order chi connectivity index (χ0) is 12.2. The molecule has 0 spiro atoms. The van der Waals surface area contributed by atoms with E-state index in [4.69, 9.17) is 0 Å². The maximum atomic E-state index is 9.58. The lowest BCUT2D eigenvalue weighted by Gasteiger charge is -2.43. The molecule has 0 amide bonds. The summed E-state index contributed by atoms with van der Waals surface area (Å²) < 4.78 is 0. The Balaban J connectivity index is 2.44. The van der Waals surface area contributed by atoms with Gasteiger partial charge in [0.05, 0.1) is 6.61 Å². The summed E-state index contributed by atoms with van der Waals surface area (Å²) in [7, 11) is 0. The van der Waals surface area contributed by atoms with Gasteiger partial charge in [0.1, 0.15) is 0 Å². The molecule has 1 fully saturated rings. The second kappa shape index (κ2) is 5.99. The van der Waals surface area contributed by atoms with Gasteiger partial charge in [-0.3, -0.25) is 0 Å². The van der Waals surface area contributed by atoms with E-state index in [9.17, 15) is 5.11 Å². The van der Waals surface area contributed by atoms with Gasteiger partial charge in [-0.25, -0.2) is 0 Å². The van der Waals surface area contributed by atoms with Crippen molar-refractivity contribution in [2.24, 2.45) is 5.92 Å². The van der Waals surface area contributed by atoms with Crippen LogP contribution in [-0.2, 0) is 0 Å². The number of aliphatic hydroxyl groups is 1. The molecule has 1 heterocycles. The smallest absolute Gasteiger partial charge is 0.0614 e. The van der Waals surface area contributed by atoms with Crippen molar-refractivity contribution < 1.29 is 5.11 Å². The fraction of sp³-hybridized carbons (Fsp3) is 1.00. The first-order chi connectivity index (χ1) is 7.47. The summed E-state index contributed by atoms with van der Waals surface area (Å²) >= 11 is 0. The van der Waals surface area contributed by atoms with E-state index in [1.54, 1.807) is 0 Å². The van der Waals surface area contributed by atoms with Crippen molar-refractivity contribution >= 4 is 0 Å². The van der Waals surface area contributed by atoms with Gasteiger partial charge < -0.3 is 15.3 Å². The molecule has 0 aliphatic carbocycles. The van der Waals surface area contributed by atoms with Gasteiger partial charge in [-0.15, -0.1) is 0 Å². The standard InChI is InChI=1S/C13H28N2O/c1-11(2)9-15-7-5-13(10-16,6-8-15)14-12(3)4/h11-12,14,16H,5-10H2,1-4H3. The molecular formula is C13H28N2O. The largest absolute Gasteiger partial charge is 0.394 e. The van der Waals surface area contributed by atoms with Crippen molar-refractivity contribution in [1.82, 2.24) is 10.2 Å². The van der Waals surface area contributed by atoms with Gasteiger partial charge in [-0.2, -0.15) is 0 Å². The van der Waals surface area contributed by atoms with Crippen LogP contribution in [0.15, 0.2) is 0 Å². The van der Waals surface area contributed by atoms with E-state index < -0.39 is 0 Å². The van der Waals surface area contributed by atoms with Crippen LogP contribution < -0.4 is 5.32 Å². The van der Waals surface area contributed by atoms with Crippen LogP contribution in [0.1, 0.15) is 40.5 Å². The molecule has 1 saturated heterocycles. The van der Waals surface area contributed by atoms with Crippen LogP contribution in [0.4, 0.5) is 0 Å². The van der Waals surface area contributed by atoms with Crippen LogP contribution in [0.25, 0.3) is 0 Å². The molecule has 1 aliphatic rings. The molecule has 0 bridgehead atoms. The molecule has 0 saturated carbocycles. The van der Waals surface area contributed by atoms with Gasteiger partial charge in [-0.05, 0) is 31.8 Å². The molecule has 2 N–H and O–H groups in total. The quantitative estimate of drug-likeness (QED) is 0.748. The lowest BCUT2D eigenvalue weighted by atomic mass is 9.87. The summed E-state index contributed by atoms with van der Waals surface area (Å²) in [5.74, 6) is 0.736. The van der Waals surface area contributed by atoms with E-state index >= 15 is 0 Å². The molecular weight excluding hydrogens is 200 g/mol. The fourth-order valence-corrected chi connectivity index (χ4v) is 2.64. The first kappa shape index (κ1) is 13.9. The number of rotatable bonds is 5. The highest BCUT2D eigenvalue weighted by Crippen LogP contribution is 2.23. The van der Waals surface area contributed by atoms with Crippen LogP contribution in [0.5, 0.6) is 0 Å². The summed E-state index contributed by atoms with van der Waals surface area (Å²) in [4.78, 5) is 2.51. The van der Waals surface area contributed by atoms with E-state index in [2.05, 4.69) is 37.9 Å². The molecule has 3 heteroatoms. The number of piperidine rings is 1. The lowest BCUT2D eigenvalue weighted by Crippen LogP contribution is -2.57. The molecule has 0 atom stereocenters. The third-order valence-electron chi connectivity index (χ3n) is 3.33. The second-order valence-electron chi connectivity index (χ2n) is 5.93. The first-order valence-electron chi connectivity index (χ1n) is 6.58. The number of hydrogen-bond donors (Lipinski definition) is 2. The molecule has 0 aromatic heterocycles. The summed E-state index contributed by atoms with van der Waals surface area (Å²) in [6.45, 7) is 12.5. The monoisotopic (exact) mass is 228 g/mol. The van der Waals surface area contributed by atoms with Crippen molar-refractivity contribution in [3.05, 3.63) is 0 Å². The minimum Gasteiger partial charge on any atom is -0.394 e. The van der Waals surface area contributed by atoms with Gasteiger partial charge in [0.15, 0.2) is 0 Å². The lowest BCUT2D eigenvalue weighted by molar-refractivity contribution is 0.0680. The van der Waals surface area contributed by atoms with Gasteiger partial charge in [-0.1, -0.05) is 27.7 Å². The minimum atomic E-state index is -0.0261. The fourth-order valence-electron chi connectivity index (χ4n) is 2.64. The Labute approximate surface area is 100 Å². The van der Waals surface area contributed by atoms with E-state index in [-0.39, 0.29) is 12.1 Å². The highest BCUT2D eigenvalue weighted by atomic mass is 16.3. The van der Waals surface area contributed by atoms with Gasteiger partial charge >= 0.3 is 0 Å². The Morgan fingerprint density at radius 3 is 2.12 bits per heavy atom. The van der Waals surface area contributed by atoms with E-state index in [1.807, 2.05) is 0 Å². The topological polar surface area (TPSA) is 35.5 Å². The van der Waals surface area contributed by atoms with E-state index in [1.165, 1.54) is 6.54 Å². The second-order valence-corrected chi connectivity index (χ2v) is 5.93. The van der Waals surface area contributed by atoms with Crippen LogP contribution in [0, 0.1) is 5.92 Å². The Kier molecular flexibility index (Phi) is 5.22. The number of hydrogen-bond acceptors (Lipinski definition) is 3. The number of aliphatic hydroxyl groups excluding tert-OH is 1. The van der Waals surface area contributed by atoms with Crippen molar-refractivity contribution in [2.75, 3.05) is 26.2 Å². The Morgan fingerprint density at radius 1 is 1.19 bits per heavy atom. The molecule has 0 aromatic rings. The minimum absolute atomic E-state index is 0.0261. The SMILES string of the molecule is CC(C)CN1CCC(CO)(NC(C)C)CC1. The Hall–Kier alpha value is -0.120. The summed E-state index contributed by atoms with van der Waals surface area (Å²) in [6, 6.07) is 0.448. The highest BCUT2D eigenvalue weighted by Gasteiger charge is 2.34. The van der Waals surface area contributed by atoms with Gasteiger partial charge in [0.25, 0.3) is 0 Å². The van der Waals surface area contributed by atoms with Gasteiger partial charge in [0, 0.05) is 18.1 Å². The van der Waals surface area contributed by atoms with E-state index in [0.717, 1.165) is 31.8 Å². The molecule has 16 heavy (non-hydrogen) atoms. The summed E-state index contributed by atoms with van der Waals surface area (Å²) in [6.07, 6.45) is 2.13. The number of nitrogens with zero attached hydrogens (tertiary/aromatic N) is 1. The molecule has 1 rings (SSSR count). The molecule has 0 radical (unpaired) electrons. The molecule has 3 nitrogen and oxygen atoms in total. The third kappa shape index (κ3) is 4.04. The van der Waals surface area contributed by atoms with Crippen molar-refractivity contribution in [3.8, 4) is 0 Å². The summed E-state index contributed by atoms with van der Waals surface area (Å²) in [5.41, 5.74) is -0.0261. The summed E-state index contributed by atoms with van der Waals surface area (Å²) in [5, 5.41) is 13.1. The maximum absolute atomic E-state index is 9.58. The molecule has 0 unspecified atom stereocenters. The van der Waals surface area contributed by atoms with Crippen LogP contribution in [-0.4, -0.2) is 47.8 Å². The average Bonchev–Trinajstić information content (AvgIpc) is 2.20. The average molecular weight is 228 g/mol. The number of nitrogens with one attached hydrogen (secondary N) is 1. The van der Waals surface area contributed by atoms with Crippen LogP contribution in [0.2, 0.25) is 0 Å². The highest BCUT2D eigenvalue weighted by molar-refractivity contribution is 4.93. The Morgan fingerprint density at radius 2 is 1.75 bits per heavy atom. The van der Waals surface area contributed by atoms with Crippen molar-refractivity contribution in [3.63, 3.8) is 0 Å². The zero-order valence-electron chi connectivity index (χ0n) is 11.3.